The summed E-state index contributed by atoms with van der Waals surface area (Å²) < 4.78 is 4.99. The van der Waals surface area contributed by atoms with Crippen molar-refractivity contribution in [1.82, 2.24) is 14.1 Å². The third kappa shape index (κ3) is 5.83. The Balaban J connectivity index is 1.21. The van der Waals surface area contributed by atoms with E-state index in [0.717, 1.165) is 22.4 Å². The van der Waals surface area contributed by atoms with E-state index in [1.807, 2.05) is 0 Å². The van der Waals surface area contributed by atoms with Crippen LogP contribution in [-0.4, -0.2) is 21.0 Å². The second-order valence-electron chi connectivity index (χ2n) is 26.1. The fourth-order valence-electron chi connectivity index (χ4n) is 14.0. The lowest BCUT2D eigenvalue weighted by Gasteiger charge is -2.43. The summed E-state index contributed by atoms with van der Waals surface area (Å²) in [5.74, 6) is 0.974. The molecular weight excluding hydrogens is 884 g/mol. The van der Waals surface area contributed by atoms with Gasteiger partial charge in [-0.1, -0.05) is 181 Å². The van der Waals surface area contributed by atoms with Crippen LogP contribution in [0.3, 0.4) is 0 Å². The van der Waals surface area contributed by atoms with Gasteiger partial charge in [0.2, 0.25) is 0 Å². The second-order valence-corrected chi connectivity index (χ2v) is 26.1. The lowest BCUT2D eigenvalue weighted by molar-refractivity contribution is 0.589. The number of benzene rings is 8. The number of fused-ring (bicyclic) bond motifs is 17. The number of nitrogens with zero attached hydrogens (tertiary/aromatic N) is 4. The van der Waals surface area contributed by atoms with E-state index in [4.69, 9.17) is 4.98 Å². The molecule has 0 saturated heterocycles. The van der Waals surface area contributed by atoms with E-state index in [1.54, 1.807) is 0 Å². The number of hydrogen-bond acceptors (Lipinski definition) is 2. The topological polar surface area (TPSA) is 26.0 Å². The summed E-state index contributed by atoms with van der Waals surface area (Å²) in [6, 6.07) is 54.5. The van der Waals surface area contributed by atoms with Gasteiger partial charge in [0.1, 0.15) is 5.82 Å². The highest BCUT2D eigenvalue weighted by atomic mass is 15.1. The summed E-state index contributed by atoms with van der Waals surface area (Å²) in [5, 5.41) is 2.71. The number of hydrogen-bond donors (Lipinski definition) is 0. The van der Waals surface area contributed by atoms with E-state index < -0.39 is 0 Å². The number of aromatic nitrogens is 3. The highest BCUT2D eigenvalue weighted by Gasteiger charge is 2.51. The third-order valence-electron chi connectivity index (χ3n) is 17.9. The van der Waals surface area contributed by atoms with E-state index >= 15 is 0 Å². The maximum absolute atomic E-state index is 5.53. The van der Waals surface area contributed by atoms with Gasteiger partial charge in [0, 0.05) is 56.8 Å². The van der Waals surface area contributed by atoms with Crippen LogP contribution in [0.25, 0.3) is 83.3 Å². The molecule has 0 fully saturated rings. The van der Waals surface area contributed by atoms with E-state index in [1.165, 1.54) is 122 Å². The van der Waals surface area contributed by atoms with Crippen molar-refractivity contribution in [2.75, 3.05) is 4.81 Å². The number of anilines is 2. The van der Waals surface area contributed by atoms with Crippen LogP contribution in [0.5, 0.6) is 0 Å². The van der Waals surface area contributed by atoms with Gasteiger partial charge in [-0.2, -0.15) is 0 Å². The lowest BCUT2D eigenvalue weighted by atomic mass is 9.43. The summed E-state index contributed by atoms with van der Waals surface area (Å²) >= 11 is 0. The Hall–Kier alpha value is -7.11. The first kappa shape index (κ1) is 44.6. The van der Waals surface area contributed by atoms with Gasteiger partial charge in [-0.05, 0) is 142 Å². The molecule has 2 aliphatic carbocycles. The summed E-state index contributed by atoms with van der Waals surface area (Å²) in [6.07, 6.45) is 0. The largest absolute Gasteiger partial charge is 0.376 e. The van der Waals surface area contributed by atoms with Crippen molar-refractivity contribution >= 4 is 62.0 Å². The first-order valence-corrected chi connectivity index (χ1v) is 26.6. The average molecular weight is 949 g/mol. The Morgan fingerprint density at radius 3 is 1.85 bits per heavy atom. The molecule has 4 heterocycles. The van der Waals surface area contributed by atoms with Crippen LogP contribution in [0.2, 0.25) is 0 Å². The number of aryl methyl sites for hydroxylation is 1. The summed E-state index contributed by atoms with van der Waals surface area (Å²) in [7, 11) is 2.19. The molecule has 5 heteroatoms. The van der Waals surface area contributed by atoms with Gasteiger partial charge in [-0.3, -0.25) is 0 Å². The minimum Gasteiger partial charge on any atom is -0.376 e. The van der Waals surface area contributed by atoms with Crippen molar-refractivity contribution in [3.05, 3.63) is 178 Å². The van der Waals surface area contributed by atoms with E-state index in [-0.39, 0.29) is 33.9 Å². The maximum atomic E-state index is 5.53. The zero-order valence-electron chi connectivity index (χ0n) is 45.1. The van der Waals surface area contributed by atoms with Gasteiger partial charge in [0.15, 0.2) is 0 Å². The molecule has 2 aromatic heterocycles. The zero-order valence-corrected chi connectivity index (χ0v) is 45.1. The normalized spacial score (nSPS) is 15.7. The van der Waals surface area contributed by atoms with Crippen molar-refractivity contribution in [3.8, 4) is 50.5 Å². The third-order valence-corrected chi connectivity index (χ3v) is 17.9. The molecule has 0 N–H and O–H groups in total. The van der Waals surface area contributed by atoms with Gasteiger partial charge in [0.05, 0.1) is 22.1 Å². The highest BCUT2D eigenvalue weighted by Crippen LogP contribution is 2.61. The fraction of sp³-hybridized carbons (Fsp3) is 0.279. The van der Waals surface area contributed by atoms with Crippen LogP contribution in [0.15, 0.2) is 140 Å². The first-order chi connectivity index (χ1) is 34.5. The standard InChI is InChI=1S/C68H65BN4/c1-64(2,3)39-24-28-42(29-25-39)73-54-35-50-45(44-32-40(65(4,5)6)26-30-49(44)67(50,10)11)34-47(54)58-57-43-22-18-19-23-48(43)68(12,13)60(57)59-46-33-41(66(7,8)9)27-31-53(46)72-55-37-56-52(36-51(55)69(73)61(58)62(59)72)70-63(71(56)14)38-20-16-15-17-21-38/h15-37H,1-14H3. The van der Waals surface area contributed by atoms with Crippen LogP contribution < -0.4 is 15.7 Å². The molecule has 360 valence electrons. The molecule has 0 bridgehead atoms. The molecule has 2 aliphatic heterocycles. The second kappa shape index (κ2) is 14.1. The minimum atomic E-state index is -0.281. The molecule has 0 atom stereocenters. The van der Waals surface area contributed by atoms with E-state index in [2.05, 4.69) is 251 Å². The molecule has 0 spiro atoms. The Morgan fingerprint density at radius 1 is 0.507 bits per heavy atom. The van der Waals surface area contributed by atoms with Crippen molar-refractivity contribution < 1.29 is 0 Å². The Morgan fingerprint density at radius 2 is 1.14 bits per heavy atom. The number of rotatable bonds is 2. The Bertz CT molecular complexity index is 4080. The van der Waals surface area contributed by atoms with Gasteiger partial charge in [-0.15, -0.1) is 0 Å². The predicted octanol–water partition coefficient (Wildman–Crippen LogP) is 16.1. The molecule has 73 heavy (non-hydrogen) atoms. The van der Waals surface area contributed by atoms with Crippen LogP contribution in [0.4, 0.5) is 11.4 Å². The van der Waals surface area contributed by atoms with Crippen molar-refractivity contribution in [3.63, 3.8) is 0 Å². The maximum Gasteiger partial charge on any atom is 0.333 e. The molecular formula is C68H65BN4. The highest BCUT2D eigenvalue weighted by molar-refractivity contribution is 6.94. The molecule has 0 amide bonds. The minimum absolute atomic E-state index is 0.00566. The molecule has 4 nitrogen and oxygen atoms in total. The number of imidazole rings is 1. The van der Waals surface area contributed by atoms with Crippen LogP contribution in [-0.2, 0) is 34.1 Å². The van der Waals surface area contributed by atoms with Crippen LogP contribution in [0.1, 0.15) is 129 Å². The molecule has 0 radical (unpaired) electrons. The van der Waals surface area contributed by atoms with Crippen molar-refractivity contribution in [2.24, 2.45) is 7.05 Å². The summed E-state index contributed by atoms with van der Waals surface area (Å²) in [4.78, 5) is 8.27. The van der Waals surface area contributed by atoms with Crippen molar-refractivity contribution in [2.45, 2.75) is 117 Å². The summed E-state index contributed by atoms with van der Waals surface area (Å²) in [6.45, 7) is 30.8. The van der Waals surface area contributed by atoms with E-state index in [9.17, 15) is 0 Å². The van der Waals surface area contributed by atoms with Crippen LogP contribution >= 0.6 is 0 Å². The van der Waals surface area contributed by atoms with Gasteiger partial charge in [0.25, 0.3) is 0 Å². The quantitative estimate of drug-likeness (QED) is 0.161. The molecule has 0 saturated carbocycles. The molecule has 0 unspecified atom stereocenters. The van der Waals surface area contributed by atoms with Gasteiger partial charge >= 0.3 is 6.85 Å². The molecule has 14 rings (SSSR count). The summed E-state index contributed by atoms with van der Waals surface area (Å²) in [5.41, 5.74) is 29.5. The predicted molar refractivity (Wildman–Crippen MR) is 311 cm³/mol. The first-order valence-electron chi connectivity index (χ1n) is 26.6. The SMILES string of the molecule is Cn1c(-c2ccccc2)nc2cc3c(cc21)-n1c2ccc(C(C)(C)C)cc2c2c4c(c5c(c21)B3N(c1ccc(C(C)(C)C)cc1)c1cc2c(cc1-5)-c1cc(C(C)(C)C)ccc1C2(C)C)-c1ccccc1C4(C)C. The molecule has 10 aromatic rings. The monoisotopic (exact) mass is 949 g/mol. The van der Waals surface area contributed by atoms with Gasteiger partial charge < -0.3 is 13.9 Å². The lowest BCUT2D eigenvalue weighted by Crippen LogP contribution is -2.60. The van der Waals surface area contributed by atoms with Crippen LogP contribution in [0, 0.1) is 0 Å². The average Bonchev–Trinajstić information content (AvgIpc) is 4.02. The zero-order chi connectivity index (χ0) is 50.8. The fourth-order valence-corrected chi connectivity index (χ4v) is 14.0. The Labute approximate surface area is 431 Å². The van der Waals surface area contributed by atoms with E-state index in [0.29, 0.717) is 0 Å². The van der Waals surface area contributed by atoms with Crippen molar-refractivity contribution in [1.29, 1.82) is 0 Å². The Kier molecular flexibility index (Phi) is 8.63. The molecule has 8 aromatic carbocycles. The smallest absolute Gasteiger partial charge is 0.333 e. The molecule has 4 aliphatic rings. The van der Waals surface area contributed by atoms with Gasteiger partial charge in [-0.25, -0.2) is 4.98 Å².